The molecule has 0 heterocycles. The lowest BCUT2D eigenvalue weighted by molar-refractivity contribution is -0.398. The molecule has 1 N–H and O–H groups in total. The van der Waals surface area contributed by atoms with E-state index in [0.29, 0.717) is 0 Å². The summed E-state index contributed by atoms with van der Waals surface area (Å²) in [4.78, 5) is 0. The number of aliphatic hydroxyl groups excluding tert-OH is 1. The highest BCUT2D eigenvalue weighted by molar-refractivity contribution is 8.00. The maximum Gasteiger partial charge on any atom is 0.524 e. The Morgan fingerprint density at radius 1 is 0.365 bits per heavy atom. The van der Waals surface area contributed by atoms with Crippen LogP contribution < -0.4 is 0 Å². The lowest BCUT2D eigenvalue weighted by atomic mass is 10.1. The second kappa shape index (κ2) is 15.2. The maximum absolute atomic E-state index is 12.7. The molecule has 0 aromatic heterocycles. The Kier molecular flexibility index (Phi) is 15.8. The molecule has 0 aromatic rings. The molecule has 0 rings (SSSR count). The van der Waals surface area contributed by atoms with Crippen molar-refractivity contribution < 1.29 is 157 Å². The van der Waals surface area contributed by atoms with Gasteiger partial charge in [0.15, 0.2) is 0 Å². The zero-order chi connectivity index (χ0) is 43.8. The third-order valence-electron chi connectivity index (χ3n) is 4.04. The Morgan fingerprint density at radius 2 is 0.596 bits per heavy atom. The van der Waals surface area contributed by atoms with Crippen molar-refractivity contribution in [3.8, 4) is 0 Å². The van der Waals surface area contributed by atoms with Crippen molar-refractivity contribution in [1.82, 2.24) is 0 Å². The molecule has 0 saturated heterocycles. The van der Waals surface area contributed by atoms with Gasteiger partial charge < -0.3 is 5.11 Å². The van der Waals surface area contributed by atoms with Gasteiger partial charge >= 0.3 is 94.8 Å². The van der Waals surface area contributed by atoms with Gasteiger partial charge in [0.2, 0.25) is 0 Å². The normalized spacial score (nSPS) is 15.7. The molecular weight excluding hydrogens is 909 g/mol. The third-order valence-corrected chi connectivity index (χ3v) is 7.61. The van der Waals surface area contributed by atoms with Gasteiger partial charge in [-0.2, -0.15) is 144 Å². The Labute approximate surface area is 265 Å². The molecule has 39 heteroatoms. The summed E-state index contributed by atoms with van der Waals surface area (Å²) in [5, 5.41) is 7.63. The molecule has 0 aromatic carbocycles. The largest absolute Gasteiger partial charge is 0.524 e. The lowest BCUT2D eigenvalue weighted by Crippen LogP contribution is -2.62. The van der Waals surface area contributed by atoms with Crippen molar-refractivity contribution in [2.75, 3.05) is 13.2 Å². The van der Waals surface area contributed by atoms with Gasteiger partial charge in [-0.25, -0.2) is 0 Å². The van der Waals surface area contributed by atoms with Crippen molar-refractivity contribution in [1.29, 1.82) is 0 Å². The summed E-state index contributed by atoms with van der Waals surface area (Å²) in [6.45, 7) is -6.42. The first kappa shape index (κ1) is 54.2. The predicted molar refractivity (Wildman–Crippen MR) is 101 cm³/mol. The van der Waals surface area contributed by atoms with Crippen LogP contribution in [0.1, 0.15) is 0 Å². The van der Waals surface area contributed by atoms with Crippen LogP contribution in [-0.4, -0.2) is 108 Å². The highest BCUT2D eigenvalue weighted by Gasteiger charge is 2.83. The molecule has 0 unspecified atom stereocenters. The molecule has 0 atom stereocenters. The van der Waals surface area contributed by atoms with E-state index in [1.54, 1.807) is 0 Å². The molecule has 0 aliphatic heterocycles. The number of hydrogen-bond donors (Lipinski definition) is 1. The number of halogens is 27. The van der Waals surface area contributed by atoms with Gasteiger partial charge in [-0.1, -0.05) is 0 Å². The van der Waals surface area contributed by atoms with E-state index in [9.17, 15) is 144 Å². The summed E-state index contributed by atoms with van der Waals surface area (Å²) in [6.07, 6.45) is -14.0. The van der Waals surface area contributed by atoms with E-state index in [-0.39, 0.29) is 0 Å². The number of rotatable bonds is 10. The highest BCUT2D eigenvalue weighted by atomic mass is 32.3. The summed E-state index contributed by atoms with van der Waals surface area (Å²) in [5.74, 6) is -40.7. The van der Waals surface area contributed by atoms with Gasteiger partial charge in [-0.15, -0.1) is 3.63 Å². The zero-order valence-electron chi connectivity index (χ0n) is 22.1. The van der Waals surface area contributed by atoms with Gasteiger partial charge in [0.25, 0.3) is 0 Å². The van der Waals surface area contributed by atoms with Crippen LogP contribution in [0.2, 0.25) is 0 Å². The molecule has 9 nitrogen and oxygen atoms in total. The molecule has 0 aliphatic carbocycles. The first-order valence-electron chi connectivity index (χ1n) is 10.0. The van der Waals surface area contributed by atoms with Gasteiger partial charge in [0.1, 0.15) is 13.2 Å². The monoisotopic (exact) mass is 914 g/mol. The smallest absolute Gasteiger partial charge is 0.390 e. The van der Waals surface area contributed by atoms with Crippen molar-refractivity contribution >= 4 is 30.4 Å². The van der Waals surface area contributed by atoms with E-state index in [2.05, 4.69) is 4.18 Å². The van der Waals surface area contributed by atoms with Crippen LogP contribution in [-0.2, 0) is 38.2 Å². The Hall–Kier alpha value is -2.16. The zero-order valence-corrected chi connectivity index (χ0v) is 24.5. The van der Waals surface area contributed by atoms with Gasteiger partial charge in [0, 0.05) is 0 Å². The SMILES string of the molecule is O=S(=O)(OCC(F)(F)C(F)(F)C(F)(F)C(F)(F)F)C(F)(F)F.O=S(=O)(OS(=O)(=O)C(F)(F)F)C(F)(F)F.OCC(F)(F)C(F)(F)C(F)(F)C(F)(F)F. The van der Waals surface area contributed by atoms with Crippen molar-refractivity contribution in [2.45, 2.75) is 64.4 Å². The second-order valence-corrected chi connectivity index (χ2v) is 12.8. The van der Waals surface area contributed by atoms with Gasteiger partial charge in [-0.05, 0) is 0 Å². The maximum atomic E-state index is 12.7. The Bertz CT molecular complexity index is 1470. The van der Waals surface area contributed by atoms with Crippen LogP contribution in [0.15, 0.2) is 0 Å². The summed E-state index contributed by atoms with van der Waals surface area (Å²) >= 11 is 0. The van der Waals surface area contributed by atoms with Crippen LogP contribution in [0.5, 0.6) is 0 Å². The first-order chi connectivity index (χ1) is 21.7. The van der Waals surface area contributed by atoms with E-state index in [0.717, 1.165) is 0 Å². The van der Waals surface area contributed by atoms with Crippen molar-refractivity contribution in [3.63, 3.8) is 0 Å². The molecule has 0 amide bonds. The highest BCUT2D eigenvalue weighted by Crippen LogP contribution is 2.54. The molecule has 0 spiro atoms. The van der Waals surface area contributed by atoms with E-state index in [1.807, 2.05) is 3.63 Å². The fraction of sp³-hybridized carbons (Fsp3) is 1.00. The molecule has 0 fully saturated rings. The van der Waals surface area contributed by atoms with E-state index < -0.39 is 108 Å². The Balaban J connectivity index is -0.000000714. The van der Waals surface area contributed by atoms with E-state index in [1.165, 1.54) is 0 Å². The standard InChI is InChI=1S/C6H2F12O3S.C5H3F9O.C2F6O5S2/c7-2(8,1-21-22(19,20)6(16,17)18)3(9,10)4(11,12)5(13,14)15;6-2(7,1-15)3(8,9)4(10,11)5(12,13)14;3-1(4,5)14(9,10)13-15(11,12)2(6,7)8/h1H2;15H,1H2;. The molecule has 0 bridgehead atoms. The average molecular weight is 914 g/mol. The van der Waals surface area contributed by atoms with Crippen LogP contribution in [0, 0.1) is 0 Å². The third kappa shape index (κ3) is 11.7. The fourth-order valence-electron chi connectivity index (χ4n) is 1.42. The van der Waals surface area contributed by atoms with Gasteiger partial charge in [0.05, 0.1) is 0 Å². The molecule has 0 radical (unpaired) electrons. The predicted octanol–water partition coefficient (Wildman–Crippen LogP) is 6.47. The van der Waals surface area contributed by atoms with Crippen LogP contribution >= 0.6 is 0 Å². The van der Waals surface area contributed by atoms with Crippen molar-refractivity contribution in [2.24, 2.45) is 0 Å². The number of hydrogen-bond acceptors (Lipinski definition) is 9. The minimum absolute atomic E-state index is 2.05. The minimum Gasteiger partial charge on any atom is -0.390 e. The minimum atomic E-state index is -7.37. The van der Waals surface area contributed by atoms with E-state index in [4.69, 9.17) is 5.11 Å². The molecule has 0 saturated carbocycles. The van der Waals surface area contributed by atoms with Crippen LogP contribution in [0.3, 0.4) is 0 Å². The number of aliphatic hydroxyl groups is 1. The second-order valence-electron chi connectivity index (χ2n) is 7.89. The molecule has 318 valence electrons. The lowest BCUT2D eigenvalue weighted by Gasteiger charge is -2.33. The summed E-state index contributed by atoms with van der Waals surface area (Å²) < 4.78 is 384. The molecule has 0 aliphatic rings. The Morgan fingerprint density at radius 3 is 0.788 bits per heavy atom. The molecular formula is C13H5F27O9S3. The average Bonchev–Trinajstić information content (AvgIpc) is 2.84. The fourth-order valence-corrected chi connectivity index (χ4v) is 3.42. The van der Waals surface area contributed by atoms with E-state index >= 15 is 0 Å². The van der Waals surface area contributed by atoms with Gasteiger partial charge in [-0.3, -0.25) is 4.18 Å². The first-order valence-corrected chi connectivity index (χ1v) is 14.3. The topological polar surface area (TPSA) is 141 Å². The number of alkyl halides is 27. The van der Waals surface area contributed by atoms with Crippen molar-refractivity contribution in [3.05, 3.63) is 0 Å². The quantitative estimate of drug-likeness (QED) is 0.148. The summed E-state index contributed by atoms with van der Waals surface area (Å²) in [5.41, 5.74) is -18.9. The summed E-state index contributed by atoms with van der Waals surface area (Å²) in [7, 11) is -20.6. The van der Waals surface area contributed by atoms with Crippen LogP contribution in [0.25, 0.3) is 0 Å². The van der Waals surface area contributed by atoms with Crippen LogP contribution in [0.4, 0.5) is 119 Å². The molecule has 52 heavy (non-hydrogen) atoms. The summed E-state index contributed by atoms with van der Waals surface area (Å²) in [6, 6.07) is 0.